The molecule has 0 N–H and O–H groups in total. The van der Waals surface area contributed by atoms with E-state index in [1.54, 1.807) is 7.11 Å². The van der Waals surface area contributed by atoms with Crippen molar-refractivity contribution >= 4 is 0 Å². The molecule has 2 aromatic carbocycles. The molecule has 0 spiro atoms. The van der Waals surface area contributed by atoms with E-state index >= 15 is 0 Å². The molecule has 0 aliphatic heterocycles. The number of rotatable bonds is 5. The molecular formula is C23H32O2. The molecule has 2 aromatic rings. The predicted molar refractivity (Wildman–Crippen MR) is 106 cm³/mol. The van der Waals surface area contributed by atoms with Gasteiger partial charge in [0.05, 0.1) is 13.2 Å². The molecular weight excluding hydrogens is 308 g/mol. The third-order valence-corrected chi connectivity index (χ3v) is 4.92. The summed E-state index contributed by atoms with van der Waals surface area (Å²) in [4.78, 5) is 0. The van der Waals surface area contributed by atoms with Crippen LogP contribution in [-0.2, 0) is 5.41 Å². The van der Waals surface area contributed by atoms with Gasteiger partial charge in [0.25, 0.3) is 0 Å². The van der Waals surface area contributed by atoms with E-state index in [9.17, 15) is 0 Å². The van der Waals surface area contributed by atoms with Crippen molar-refractivity contribution in [1.82, 2.24) is 0 Å². The Morgan fingerprint density at radius 1 is 0.720 bits per heavy atom. The van der Waals surface area contributed by atoms with Crippen molar-refractivity contribution in [3.63, 3.8) is 0 Å². The Morgan fingerprint density at radius 2 is 1.08 bits per heavy atom. The van der Waals surface area contributed by atoms with Crippen LogP contribution < -0.4 is 9.47 Å². The fraction of sp³-hybridized carbons (Fsp3) is 0.478. The zero-order valence-electron chi connectivity index (χ0n) is 17.2. The average Bonchev–Trinajstić information content (AvgIpc) is 2.50. The number of hydrogen-bond donors (Lipinski definition) is 0. The van der Waals surface area contributed by atoms with Gasteiger partial charge in [-0.05, 0) is 74.9 Å². The van der Waals surface area contributed by atoms with Crippen LogP contribution in [0.5, 0.6) is 11.5 Å². The molecule has 0 bridgehead atoms. The van der Waals surface area contributed by atoms with E-state index in [4.69, 9.17) is 9.47 Å². The van der Waals surface area contributed by atoms with Crippen molar-refractivity contribution in [2.45, 2.75) is 66.9 Å². The Hall–Kier alpha value is -1.96. The maximum Gasteiger partial charge on any atom is 0.125 e. The average molecular weight is 341 g/mol. The third kappa shape index (κ3) is 3.84. The summed E-state index contributed by atoms with van der Waals surface area (Å²) >= 11 is 0. The Bertz CT molecular complexity index is 724. The molecule has 0 amide bonds. The van der Waals surface area contributed by atoms with Crippen LogP contribution in [0.2, 0.25) is 0 Å². The smallest absolute Gasteiger partial charge is 0.125 e. The Labute approximate surface area is 153 Å². The van der Waals surface area contributed by atoms with Crippen LogP contribution in [0.25, 0.3) is 0 Å². The first kappa shape index (κ1) is 19.4. The summed E-state index contributed by atoms with van der Waals surface area (Å²) in [6, 6.07) is 9.02. The van der Waals surface area contributed by atoms with Crippen LogP contribution in [0, 0.1) is 27.7 Å². The molecule has 0 aromatic heterocycles. The zero-order valence-corrected chi connectivity index (χ0v) is 17.2. The SMILES string of the molecule is COc1c(C)cc(C(C)(C)c2cc(C)c(OC(C)C)c(C)c2)cc1C. The number of ether oxygens (including phenoxy) is 2. The van der Waals surface area contributed by atoms with Crippen molar-refractivity contribution in [3.05, 3.63) is 57.6 Å². The number of benzene rings is 2. The molecule has 0 heterocycles. The van der Waals surface area contributed by atoms with E-state index in [2.05, 4.69) is 79.7 Å². The van der Waals surface area contributed by atoms with Gasteiger partial charge in [-0.1, -0.05) is 38.1 Å². The largest absolute Gasteiger partial charge is 0.496 e. The molecule has 136 valence electrons. The van der Waals surface area contributed by atoms with Gasteiger partial charge >= 0.3 is 0 Å². The maximum absolute atomic E-state index is 6.00. The summed E-state index contributed by atoms with van der Waals surface area (Å²) < 4.78 is 11.5. The lowest BCUT2D eigenvalue weighted by atomic mass is 9.76. The normalized spacial score (nSPS) is 11.8. The topological polar surface area (TPSA) is 18.5 Å². The third-order valence-electron chi connectivity index (χ3n) is 4.92. The summed E-state index contributed by atoms with van der Waals surface area (Å²) in [6.45, 7) is 17.2. The van der Waals surface area contributed by atoms with Crippen molar-refractivity contribution in [1.29, 1.82) is 0 Å². The summed E-state index contributed by atoms with van der Waals surface area (Å²) in [5.74, 6) is 1.99. The molecule has 2 nitrogen and oxygen atoms in total. The van der Waals surface area contributed by atoms with E-state index < -0.39 is 0 Å². The number of hydrogen-bond acceptors (Lipinski definition) is 2. The predicted octanol–water partition coefficient (Wildman–Crippen LogP) is 6.04. The molecule has 2 rings (SSSR count). The lowest BCUT2D eigenvalue weighted by Gasteiger charge is -2.29. The second-order valence-corrected chi connectivity index (χ2v) is 7.87. The second-order valence-electron chi connectivity index (χ2n) is 7.87. The lowest BCUT2D eigenvalue weighted by molar-refractivity contribution is 0.239. The second kappa shape index (κ2) is 7.11. The van der Waals surface area contributed by atoms with Crippen molar-refractivity contribution in [3.8, 4) is 11.5 Å². The molecule has 0 saturated carbocycles. The molecule has 0 radical (unpaired) electrons. The van der Waals surface area contributed by atoms with Crippen molar-refractivity contribution < 1.29 is 9.47 Å². The first-order chi connectivity index (χ1) is 11.6. The van der Waals surface area contributed by atoms with Gasteiger partial charge in [-0.2, -0.15) is 0 Å². The Balaban J connectivity index is 2.53. The lowest BCUT2D eigenvalue weighted by Crippen LogP contribution is -2.20. The van der Waals surface area contributed by atoms with Gasteiger partial charge in [0, 0.05) is 5.41 Å². The first-order valence-electron chi connectivity index (χ1n) is 9.02. The van der Waals surface area contributed by atoms with E-state index in [1.165, 1.54) is 33.4 Å². The highest BCUT2D eigenvalue weighted by molar-refractivity contribution is 5.52. The van der Waals surface area contributed by atoms with Gasteiger partial charge in [0.15, 0.2) is 0 Å². The van der Waals surface area contributed by atoms with Crippen LogP contribution in [0.4, 0.5) is 0 Å². The first-order valence-corrected chi connectivity index (χ1v) is 9.02. The highest BCUT2D eigenvalue weighted by Crippen LogP contribution is 2.38. The van der Waals surface area contributed by atoms with Gasteiger partial charge in [-0.25, -0.2) is 0 Å². The molecule has 0 atom stereocenters. The molecule has 25 heavy (non-hydrogen) atoms. The highest BCUT2D eigenvalue weighted by Gasteiger charge is 2.26. The summed E-state index contributed by atoms with van der Waals surface area (Å²) in [6.07, 6.45) is 0.183. The van der Waals surface area contributed by atoms with E-state index in [0.717, 1.165) is 11.5 Å². The van der Waals surface area contributed by atoms with E-state index in [1.807, 2.05) is 0 Å². The minimum Gasteiger partial charge on any atom is -0.496 e. The molecule has 0 fully saturated rings. The van der Waals surface area contributed by atoms with Crippen LogP contribution in [0.1, 0.15) is 61.1 Å². The molecule has 0 aliphatic carbocycles. The summed E-state index contributed by atoms with van der Waals surface area (Å²) in [7, 11) is 1.74. The monoisotopic (exact) mass is 340 g/mol. The van der Waals surface area contributed by atoms with Gasteiger partial charge in [-0.15, -0.1) is 0 Å². The molecule has 0 saturated heterocycles. The van der Waals surface area contributed by atoms with Crippen molar-refractivity contribution in [2.75, 3.05) is 7.11 Å². The van der Waals surface area contributed by atoms with Gasteiger partial charge in [0.2, 0.25) is 0 Å². The van der Waals surface area contributed by atoms with Crippen LogP contribution in [0.3, 0.4) is 0 Å². The van der Waals surface area contributed by atoms with Gasteiger partial charge < -0.3 is 9.47 Å². The van der Waals surface area contributed by atoms with Crippen LogP contribution in [0.15, 0.2) is 24.3 Å². The Kier molecular flexibility index (Phi) is 5.51. The van der Waals surface area contributed by atoms with E-state index in [-0.39, 0.29) is 11.5 Å². The van der Waals surface area contributed by atoms with Gasteiger partial charge in [-0.3, -0.25) is 0 Å². The van der Waals surface area contributed by atoms with Crippen molar-refractivity contribution in [2.24, 2.45) is 0 Å². The standard InChI is InChI=1S/C23H32O2/c1-14(2)25-22-17(5)12-20(13-18(22)6)23(7,8)19-10-15(3)21(24-9)16(4)11-19/h10-14H,1-9H3. The number of methoxy groups -OCH3 is 1. The maximum atomic E-state index is 6.00. The highest BCUT2D eigenvalue weighted by atomic mass is 16.5. The quantitative estimate of drug-likeness (QED) is 0.660. The fourth-order valence-electron chi connectivity index (χ4n) is 3.53. The fourth-order valence-corrected chi connectivity index (χ4v) is 3.53. The number of aryl methyl sites for hydroxylation is 4. The van der Waals surface area contributed by atoms with E-state index in [0.29, 0.717) is 0 Å². The molecule has 0 unspecified atom stereocenters. The molecule has 0 aliphatic rings. The van der Waals surface area contributed by atoms with Crippen LogP contribution >= 0.6 is 0 Å². The Morgan fingerprint density at radius 3 is 1.40 bits per heavy atom. The minimum absolute atomic E-state index is 0.0896. The minimum atomic E-state index is -0.0896. The zero-order chi connectivity index (χ0) is 18.9. The molecule has 2 heteroatoms. The van der Waals surface area contributed by atoms with Crippen LogP contribution in [-0.4, -0.2) is 13.2 Å². The summed E-state index contributed by atoms with van der Waals surface area (Å²) in [5, 5.41) is 0. The summed E-state index contributed by atoms with van der Waals surface area (Å²) in [5.41, 5.74) is 7.27. The van der Waals surface area contributed by atoms with Gasteiger partial charge in [0.1, 0.15) is 11.5 Å².